The Balaban J connectivity index is 0.000000386. The van der Waals surface area contributed by atoms with Crippen molar-refractivity contribution < 1.29 is 0 Å². The van der Waals surface area contributed by atoms with Crippen molar-refractivity contribution in [2.24, 2.45) is 7.05 Å². The van der Waals surface area contributed by atoms with E-state index in [1.807, 2.05) is 29.9 Å². The smallest absolute Gasteiger partial charge is 0.0925 e. The summed E-state index contributed by atoms with van der Waals surface area (Å²) in [5.74, 6) is 0. The largest absolute Gasteiger partial charge is 0.272 e. The van der Waals surface area contributed by atoms with Gasteiger partial charge in [0.25, 0.3) is 0 Å². The maximum Gasteiger partial charge on any atom is 0.0925 e. The van der Waals surface area contributed by atoms with E-state index in [0.717, 1.165) is 5.69 Å². The zero-order chi connectivity index (χ0) is 12.0. The zero-order valence-electron chi connectivity index (χ0n) is 10.6. The molecule has 0 atom stereocenters. The van der Waals surface area contributed by atoms with Crippen LogP contribution in [0.2, 0.25) is 0 Å². The fraction of sp³-hybridized carbons (Fsp3) is 0.357. The lowest BCUT2D eigenvalue weighted by Gasteiger charge is -1.93. The van der Waals surface area contributed by atoms with E-state index < -0.39 is 0 Å². The number of hydrogen-bond acceptors (Lipinski definition) is 1. The highest BCUT2D eigenvalue weighted by molar-refractivity contribution is 5.58. The summed E-state index contributed by atoms with van der Waals surface area (Å²) in [5, 5.41) is 4.40. The first-order valence-corrected chi connectivity index (χ1v) is 5.75. The fourth-order valence-electron chi connectivity index (χ4n) is 1.31. The molecule has 86 valence electrons. The molecular weight excluding hydrogens is 196 g/mol. The molecule has 0 aliphatic rings. The summed E-state index contributed by atoms with van der Waals surface area (Å²) in [6, 6.07) is 12.3. The van der Waals surface area contributed by atoms with Crippen LogP contribution in [-0.2, 0) is 7.05 Å². The topological polar surface area (TPSA) is 17.8 Å². The average molecular weight is 216 g/mol. The molecule has 2 heteroatoms. The van der Waals surface area contributed by atoms with Crippen LogP contribution in [0.15, 0.2) is 36.4 Å². The molecule has 1 heterocycles. The van der Waals surface area contributed by atoms with Crippen LogP contribution in [0.5, 0.6) is 0 Å². The number of benzene rings is 1. The van der Waals surface area contributed by atoms with E-state index in [-0.39, 0.29) is 0 Å². The van der Waals surface area contributed by atoms with E-state index in [4.69, 9.17) is 0 Å². The monoisotopic (exact) mass is 216 g/mol. The second-order valence-corrected chi connectivity index (χ2v) is 3.87. The van der Waals surface area contributed by atoms with Crippen molar-refractivity contribution in [3.63, 3.8) is 0 Å². The first-order chi connectivity index (χ1) is 7.69. The fourth-order valence-corrected chi connectivity index (χ4v) is 1.31. The maximum absolute atomic E-state index is 4.40. The highest BCUT2D eigenvalue weighted by Crippen LogP contribution is 2.17. The molecule has 0 fully saturated rings. The Morgan fingerprint density at radius 2 is 1.69 bits per heavy atom. The number of aromatic nitrogens is 2. The first-order valence-electron chi connectivity index (χ1n) is 5.75. The van der Waals surface area contributed by atoms with Crippen LogP contribution in [0.4, 0.5) is 0 Å². The minimum absolute atomic E-state index is 1.04. The zero-order valence-corrected chi connectivity index (χ0v) is 10.6. The molecule has 0 spiro atoms. The first kappa shape index (κ1) is 12.5. The lowest BCUT2D eigenvalue weighted by atomic mass is 10.1. The van der Waals surface area contributed by atoms with E-state index in [1.54, 1.807) is 0 Å². The highest BCUT2D eigenvalue weighted by atomic mass is 15.3. The second kappa shape index (κ2) is 6.11. The SMILES string of the molecule is CCC.Cc1cc(-c2ccccc2)nn1C. The molecule has 0 aliphatic carbocycles. The van der Waals surface area contributed by atoms with Crippen LogP contribution in [0.3, 0.4) is 0 Å². The van der Waals surface area contributed by atoms with Gasteiger partial charge in [-0.3, -0.25) is 4.68 Å². The predicted octanol–water partition coefficient (Wildman–Crippen LogP) is 3.81. The van der Waals surface area contributed by atoms with Gasteiger partial charge in [0.05, 0.1) is 5.69 Å². The van der Waals surface area contributed by atoms with E-state index in [2.05, 4.69) is 44.1 Å². The molecule has 0 radical (unpaired) electrons. The summed E-state index contributed by atoms with van der Waals surface area (Å²) < 4.78 is 1.89. The van der Waals surface area contributed by atoms with Crippen molar-refractivity contribution in [3.8, 4) is 11.3 Å². The van der Waals surface area contributed by atoms with Crippen molar-refractivity contribution >= 4 is 0 Å². The van der Waals surface area contributed by atoms with Gasteiger partial charge in [0.1, 0.15) is 0 Å². The van der Waals surface area contributed by atoms with Gasteiger partial charge in [-0.15, -0.1) is 0 Å². The predicted molar refractivity (Wildman–Crippen MR) is 69.3 cm³/mol. The Bertz CT molecular complexity index is 396. The maximum atomic E-state index is 4.40. The van der Waals surface area contributed by atoms with Gasteiger partial charge in [0.15, 0.2) is 0 Å². The second-order valence-electron chi connectivity index (χ2n) is 3.87. The number of aryl methyl sites for hydroxylation is 2. The van der Waals surface area contributed by atoms with Crippen LogP contribution in [-0.4, -0.2) is 9.78 Å². The minimum atomic E-state index is 1.04. The van der Waals surface area contributed by atoms with Gasteiger partial charge < -0.3 is 0 Å². The summed E-state index contributed by atoms with van der Waals surface area (Å²) in [4.78, 5) is 0. The summed E-state index contributed by atoms with van der Waals surface area (Å²) in [6.45, 7) is 6.30. The van der Waals surface area contributed by atoms with Crippen LogP contribution in [0, 0.1) is 6.92 Å². The Kier molecular flexibility index (Phi) is 4.77. The Morgan fingerprint density at radius 3 is 2.12 bits per heavy atom. The van der Waals surface area contributed by atoms with Gasteiger partial charge in [-0.2, -0.15) is 5.10 Å². The van der Waals surface area contributed by atoms with E-state index in [1.165, 1.54) is 17.7 Å². The molecule has 0 amide bonds. The molecule has 0 bridgehead atoms. The van der Waals surface area contributed by atoms with E-state index in [9.17, 15) is 0 Å². The molecule has 2 aromatic rings. The van der Waals surface area contributed by atoms with Gasteiger partial charge in [0.2, 0.25) is 0 Å². The van der Waals surface area contributed by atoms with Crippen molar-refractivity contribution in [2.75, 3.05) is 0 Å². The van der Waals surface area contributed by atoms with Gasteiger partial charge in [-0.25, -0.2) is 0 Å². The van der Waals surface area contributed by atoms with Crippen molar-refractivity contribution in [1.29, 1.82) is 0 Å². The van der Waals surface area contributed by atoms with Crippen molar-refractivity contribution in [2.45, 2.75) is 27.2 Å². The van der Waals surface area contributed by atoms with E-state index >= 15 is 0 Å². The van der Waals surface area contributed by atoms with Crippen LogP contribution >= 0.6 is 0 Å². The Hall–Kier alpha value is -1.57. The lowest BCUT2D eigenvalue weighted by molar-refractivity contribution is 0.743. The normalized spacial score (nSPS) is 9.50. The molecule has 0 aliphatic heterocycles. The van der Waals surface area contributed by atoms with Crippen LogP contribution in [0.1, 0.15) is 26.0 Å². The van der Waals surface area contributed by atoms with Crippen LogP contribution in [0.25, 0.3) is 11.3 Å². The standard InChI is InChI=1S/C11H12N2.C3H8/c1-9-8-11(12-13(9)2)10-6-4-3-5-7-10;1-3-2/h3-8H,1-2H3;3H2,1-2H3. The third kappa shape index (κ3) is 3.23. The molecule has 0 saturated heterocycles. The molecule has 1 aromatic carbocycles. The third-order valence-electron chi connectivity index (χ3n) is 2.18. The Morgan fingerprint density at radius 1 is 1.12 bits per heavy atom. The Labute approximate surface area is 97.9 Å². The van der Waals surface area contributed by atoms with E-state index in [0.29, 0.717) is 0 Å². The summed E-state index contributed by atoms with van der Waals surface area (Å²) in [6.07, 6.45) is 1.25. The summed E-state index contributed by atoms with van der Waals surface area (Å²) >= 11 is 0. The lowest BCUT2D eigenvalue weighted by Crippen LogP contribution is -1.92. The quantitative estimate of drug-likeness (QED) is 0.708. The third-order valence-corrected chi connectivity index (χ3v) is 2.18. The van der Waals surface area contributed by atoms with Crippen molar-refractivity contribution in [3.05, 3.63) is 42.1 Å². The summed E-state index contributed by atoms with van der Waals surface area (Å²) in [5.41, 5.74) is 3.39. The highest BCUT2D eigenvalue weighted by Gasteiger charge is 2.01. The number of rotatable bonds is 1. The molecule has 0 saturated carbocycles. The molecule has 16 heavy (non-hydrogen) atoms. The van der Waals surface area contributed by atoms with Crippen LogP contribution < -0.4 is 0 Å². The molecule has 2 rings (SSSR count). The summed E-state index contributed by atoms with van der Waals surface area (Å²) in [7, 11) is 1.96. The molecule has 2 nitrogen and oxygen atoms in total. The molecular formula is C14H20N2. The molecule has 0 unspecified atom stereocenters. The number of nitrogens with zero attached hydrogens (tertiary/aromatic N) is 2. The average Bonchev–Trinajstić information content (AvgIpc) is 2.62. The molecule has 0 N–H and O–H groups in total. The van der Waals surface area contributed by atoms with Gasteiger partial charge >= 0.3 is 0 Å². The van der Waals surface area contributed by atoms with Crippen molar-refractivity contribution in [1.82, 2.24) is 9.78 Å². The molecule has 1 aromatic heterocycles. The van der Waals surface area contributed by atoms with Gasteiger partial charge in [-0.1, -0.05) is 50.6 Å². The number of hydrogen-bond donors (Lipinski definition) is 0. The van der Waals surface area contributed by atoms with Gasteiger partial charge in [0, 0.05) is 18.3 Å². The minimum Gasteiger partial charge on any atom is -0.272 e. The van der Waals surface area contributed by atoms with Gasteiger partial charge in [-0.05, 0) is 13.0 Å².